The zero-order valence-corrected chi connectivity index (χ0v) is 10.2. The molecule has 1 unspecified atom stereocenters. The SMILES string of the molecule is Cl.NC(CCO)c1cccc(-c2ccco2)c1. The van der Waals surface area contributed by atoms with Gasteiger partial charge in [0.05, 0.1) is 6.26 Å². The van der Waals surface area contributed by atoms with Crippen molar-refractivity contribution in [3.8, 4) is 11.3 Å². The summed E-state index contributed by atoms with van der Waals surface area (Å²) < 4.78 is 5.32. The van der Waals surface area contributed by atoms with Gasteiger partial charge in [0.1, 0.15) is 5.76 Å². The largest absolute Gasteiger partial charge is 0.464 e. The third kappa shape index (κ3) is 3.33. The Kier molecular flexibility index (Phi) is 5.22. The number of aliphatic hydroxyl groups is 1. The van der Waals surface area contributed by atoms with Crippen molar-refractivity contribution in [2.75, 3.05) is 6.61 Å². The fourth-order valence-electron chi connectivity index (χ4n) is 1.67. The van der Waals surface area contributed by atoms with Crippen LogP contribution in [-0.4, -0.2) is 11.7 Å². The Morgan fingerprint density at radius 1 is 1.24 bits per heavy atom. The van der Waals surface area contributed by atoms with E-state index in [4.69, 9.17) is 15.3 Å². The normalized spacial score (nSPS) is 11.9. The van der Waals surface area contributed by atoms with E-state index in [2.05, 4.69) is 0 Å². The van der Waals surface area contributed by atoms with Gasteiger partial charge in [0.15, 0.2) is 0 Å². The fraction of sp³-hybridized carbons (Fsp3) is 0.231. The lowest BCUT2D eigenvalue weighted by Gasteiger charge is -2.11. The van der Waals surface area contributed by atoms with E-state index in [9.17, 15) is 0 Å². The van der Waals surface area contributed by atoms with E-state index >= 15 is 0 Å². The third-order valence-corrected chi connectivity index (χ3v) is 2.56. The molecule has 1 heterocycles. The van der Waals surface area contributed by atoms with Gasteiger partial charge in [-0.25, -0.2) is 0 Å². The van der Waals surface area contributed by atoms with Crippen LogP contribution in [0.25, 0.3) is 11.3 Å². The molecule has 0 spiro atoms. The van der Waals surface area contributed by atoms with E-state index in [1.54, 1.807) is 6.26 Å². The molecule has 0 bridgehead atoms. The molecule has 1 aromatic heterocycles. The number of furan rings is 1. The van der Waals surface area contributed by atoms with Crippen molar-refractivity contribution < 1.29 is 9.52 Å². The van der Waals surface area contributed by atoms with Crippen molar-refractivity contribution in [3.63, 3.8) is 0 Å². The average molecular weight is 254 g/mol. The van der Waals surface area contributed by atoms with Gasteiger partial charge in [0.25, 0.3) is 0 Å². The first kappa shape index (κ1) is 13.8. The van der Waals surface area contributed by atoms with Gasteiger partial charge >= 0.3 is 0 Å². The van der Waals surface area contributed by atoms with Crippen molar-refractivity contribution in [1.82, 2.24) is 0 Å². The van der Waals surface area contributed by atoms with Crippen LogP contribution < -0.4 is 5.73 Å². The molecule has 92 valence electrons. The molecule has 0 saturated carbocycles. The summed E-state index contributed by atoms with van der Waals surface area (Å²) in [5.74, 6) is 0.832. The van der Waals surface area contributed by atoms with Gasteiger partial charge in [0, 0.05) is 18.2 Å². The first-order valence-corrected chi connectivity index (χ1v) is 5.31. The molecule has 17 heavy (non-hydrogen) atoms. The maximum Gasteiger partial charge on any atom is 0.133 e. The Morgan fingerprint density at radius 3 is 2.71 bits per heavy atom. The summed E-state index contributed by atoms with van der Waals surface area (Å²) in [5.41, 5.74) is 7.96. The molecule has 3 nitrogen and oxygen atoms in total. The zero-order chi connectivity index (χ0) is 11.4. The highest BCUT2D eigenvalue weighted by molar-refractivity contribution is 5.85. The Morgan fingerprint density at radius 2 is 2.06 bits per heavy atom. The summed E-state index contributed by atoms with van der Waals surface area (Å²) in [6, 6.07) is 11.5. The van der Waals surface area contributed by atoms with Gasteiger partial charge in [0.2, 0.25) is 0 Å². The van der Waals surface area contributed by atoms with Crippen molar-refractivity contribution in [3.05, 3.63) is 48.2 Å². The lowest BCUT2D eigenvalue weighted by Crippen LogP contribution is -2.11. The number of aliphatic hydroxyl groups excluding tert-OH is 1. The minimum Gasteiger partial charge on any atom is -0.464 e. The lowest BCUT2D eigenvalue weighted by molar-refractivity contribution is 0.276. The number of hydrogen-bond acceptors (Lipinski definition) is 3. The van der Waals surface area contributed by atoms with Crippen LogP contribution in [0.3, 0.4) is 0 Å². The summed E-state index contributed by atoms with van der Waals surface area (Å²) in [7, 11) is 0. The summed E-state index contributed by atoms with van der Waals surface area (Å²) in [4.78, 5) is 0. The highest BCUT2D eigenvalue weighted by Gasteiger charge is 2.07. The fourth-order valence-corrected chi connectivity index (χ4v) is 1.67. The topological polar surface area (TPSA) is 59.4 Å². The highest BCUT2D eigenvalue weighted by atomic mass is 35.5. The Balaban J connectivity index is 0.00000144. The molecule has 1 aromatic carbocycles. The second kappa shape index (κ2) is 6.45. The van der Waals surface area contributed by atoms with Gasteiger partial charge in [-0.3, -0.25) is 0 Å². The molecule has 1 atom stereocenters. The molecule has 4 heteroatoms. The van der Waals surface area contributed by atoms with E-state index in [0.717, 1.165) is 16.9 Å². The predicted octanol–water partition coefficient (Wildman–Crippen LogP) is 2.75. The monoisotopic (exact) mass is 253 g/mol. The van der Waals surface area contributed by atoms with Crippen LogP contribution in [0.15, 0.2) is 47.1 Å². The van der Waals surface area contributed by atoms with Crippen LogP contribution >= 0.6 is 12.4 Å². The van der Waals surface area contributed by atoms with Crippen LogP contribution in [0.4, 0.5) is 0 Å². The van der Waals surface area contributed by atoms with Crippen LogP contribution in [-0.2, 0) is 0 Å². The molecule has 2 rings (SSSR count). The molecular formula is C13H16ClNO2. The van der Waals surface area contributed by atoms with Gasteiger partial charge in [-0.2, -0.15) is 0 Å². The molecule has 0 amide bonds. The van der Waals surface area contributed by atoms with Crippen molar-refractivity contribution in [2.24, 2.45) is 5.73 Å². The number of halogens is 1. The second-order valence-electron chi connectivity index (χ2n) is 3.72. The van der Waals surface area contributed by atoms with Gasteiger partial charge in [-0.15, -0.1) is 12.4 Å². The van der Waals surface area contributed by atoms with Crippen molar-refractivity contribution in [2.45, 2.75) is 12.5 Å². The molecule has 0 radical (unpaired) electrons. The van der Waals surface area contributed by atoms with Gasteiger partial charge in [-0.05, 0) is 30.2 Å². The summed E-state index contributed by atoms with van der Waals surface area (Å²) >= 11 is 0. The smallest absolute Gasteiger partial charge is 0.133 e. The lowest BCUT2D eigenvalue weighted by atomic mass is 10.0. The molecular weight excluding hydrogens is 238 g/mol. The standard InChI is InChI=1S/C13H15NO2.ClH/c14-12(6-7-15)10-3-1-4-11(9-10)13-5-2-8-16-13;/h1-5,8-9,12,15H,6-7,14H2;1H. The first-order chi connectivity index (χ1) is 7.81. The van der Waals surface area contributed by atoms with Crippen LogP contribution in [0.5, 0.6) is 0 Å². The molecule has 0 aliphatic carbocycles. The van der Waals surface area contributed by atoms with E-state index in [1.807, 2.05) is 36.4 Å². The average Bonchev–Trinajstić information content (AvgIpc) is 2.83. The third-order valence-electron chi connectivity index (χ3n) is 2.56. The molecule has 0 saturated heterocycles. The summed E-state index contributed by atoms with van der Waals surface area (Å²) in [6.45, 7) is 0.103. The van der Waals surface area contributed by atoms with E-state index in [-0.39, 0.29) is 25.1 Å². The Labute approximate surface area is 107 Å². The zero-order valence-electron chi connectivity index (χ0n) is 9.37. The Bertz CT molecular complexity index is 442. The van der Waals surface area contributed by atoms with E-state index in [0.29, 0.717) is 6.42 Å². The van der Waals surface area contributed by atoms with E-state index < -0.39 is 0 Å². The molecule has 0 aliphatic heterocycles. The predicted molar refractivity (Wildman–Crippen MR) is 70.0 cm³/mol. The Hall–Kier alpha value is -1.29. The van der Waals surface area contributed by atoms with Crippen LogP contribution in [0.1, 0.15) is 18.0 Å². The van der Waals surface area contributed by atoms with E-state index in [1.165, 1.54) is 0 Å². The molecule has 3 N–H and O–H groups in total. The van der Waals surface area contributed by atoms with Crippen LogP contribution in [0, 0.1) is 0 Å². The minimum absolute atomic E-state index is 0. The quantitative estimate of drug-likeness (QED) is 0.881. The van der Waals surface area contributed by atoms with Crippen molar-refractivity contribution >= 4 is 12.4 Å². The van der Waals surface area contributed by atoms with Gasteiger partial charge < -0.3 is 15.3 Å². The maximum absolute atomic E-state index is 8.85. The second-order valence-corrected chi connectivity index (χ2v) is 3.72. The first-order valence-electron chi connectivity index (χ1n) is 5.31. The number of rotatable bonds is 4. The number of nitrogens with two attached hydrogens (primary N) is 1. The maximum atomic E-state index is 8.85. The summed E-state index contributed by atoms with van der Waals surface area (Å²) in [6.07, 6.45) is 2.22. The number of hydrogen-bond donors (Lipinski definition) is 2. The van der Waals surface area contributed by atoms with Crippen molar-refractivity contribution in [1.29, 1.82) is 0 Å². The summed E-state index contributed by atoms with van der Waals surface area (Å²) in [5, 5.41) is 8.85. The van der Waals surface area contributed by atoms with Crippen LogP contribution in [0.2, 0.25) is 0 Å². The minimum atomic E-state index is -0.125. The molecule has 0 aliphatic rings. The molecule has 2 aromatic rings. The molecule has 0 fully saturated rings. The highest BCUT2D eigenvalue weighted by Crippen LogP contribution is 2.23. The number of benzene rings is 1. The van der Waals surface area contributed by atoms with Gasteiger partial charge in [-0.1, -0.05) is 18.2 Å².